The van der Waals surface area contributed by atoms with E-state index in [1.807, 2.05) is 0 Å². The number of nitrogens with zero attached hydrogens (tertiary/aromatic N) is 1. The molecule has 38 heavy (non-hydrogen) atoms. The maximum absolute atomic E-state index is 13.0. The number of thiophene rings is 1. The molecule has 0 radical (unpaired) electrons. The van der Waals surface area contributed by atoms with Crippen molar-refractivity contribution in [1.82, 2.24) is 5.32 Å². The summed E-state index contributed by atoms with van der Waals surface area (Å²) in [6.45, 7) is 8.81. The van der Waals surface area contributed by atoms with E-state index < -0.39 is 11.9 Å². The van der Waals surface area contributed by atoms with E-state index in [-0.39, 0.29) is 47.4 Å². The number of carbonyl (C=O) groups excluding carboxylic acids is 4. The van der Waals surface area contributed by atoms with E-state index in [1.165, 1.54) is 17.4 Å². The molecule has 4 rings (SSSR count). The normalized spacial score (nSPS) is 17.3. The Balaban J connectivity index is 1.52. The number of ether oxygens (including phenoxy) is 1. The molecule has 2 aliphatic rings. The summed E-state index contributed by atoms with van der Waals surface area (Å²) in [7, 11) is 0. The van der Waals surface area contributed by atoms with Gasteiger partial charge in [0.2, 0.25) is 11.8 Å². The highest BCUT2D eigenvalue weighted by Crippen LogP contribution is 2.45. The molecule has 1 aliphatic heterocycles. The van der Waals surface area contributed by atoms with E-state index in [0.717, 1.165) is 41.0 Å². The first-order valence-electron chi connectivity index (χ1n) is 13.0. The van der Waals surface area contributed by atoms with Crippen molar-refractivity contribution >= 4 is 63.0 Å². The van der Waals surface area contributed by atoms with Gasteiger partial charge in [-0.15, -0.1) is 11.3 Å². The van der Waals surface area contributed by atoms with Crippen LogP contribution in [0.5, 0.6) is 0 Å². The molecule has 0 unspecified atom stereocenters. The zero-order valence-corrected chi connectivity index (χ0v) is 23.8. The SMILES string of the molecule is CCOC(=O)c1c(NC(=S)NC(=O)c2cccc(N3C(=O)CCC3=O)c2)sc2c1CC[C@@H](C(C)(C)CC)C2. The van der Waals surface area contributed by atoms with Crippen molar-refractivity contribution < 1.29 is 23.9 Å². The number of thiocarbonyl (C=S) groups is 1. The highest BCUT2D eigenvalue weighted by atomic mass is 32.1. The minimum Gasteiger partial charge on any atom is -0.462 e. The zero-order chi connectivity index (χ0) is 27.6. The third-order valence-corrected chi connectivity index (χ3v) is 9.01. The van der Waals surface area contributed by atoms with Crippen LogP contribution in [0.15, 0.2) is 24.3 Å². The molecule has 0 bridgehead atoms. The first kappa shape index (κ1) is 27.9. The predicted molar refractivity (Wildman–Crippen MR) is 152 cm³/mol. The van der Waals surface area contributed by atoms with Crippen molar-refractivity contribution in [3.8, 4) is 0 Å². The summed E-state index contributed by atoms with van der Waals surface area (Å²) >= 11 is 6.92. The Labute approximate surface area is 232 Å². The van der Waals surface area contributed by atoms with Crippen molar-refractivity contribution in [2.45, 2.75) is 66.2 Å². The van der Waals surface area contributed by atoms with Gasteiger partial charge in [-0.1, -0.05) is 33.3 Å². The van der Waals surface area contributed by atoms with Crippen LogP contribution < -0.4 is 15.5 Å². The summed E-state index contributed by atoms with van der Waals surface area (Å²) in [6, 6.07) is 6.29. The second kappa shape index (κ2) is 11.3. The summed E-state index contributed by atoms with van der Waals surface area (Å²) in [5, 5.41) is 6.32. The molecule has 1 fully saturated rings. The van der Waals surface area contributed by atoms with Crippen LogP contribution in [0.1, 0.15) is 84.5 Å². The molecule has 2 N–H and O–H groups in total. The van der Waals surface area contributed by atoms with Gasteiger partial charge >= 0.3 is 5.97 Å². The van der Waals surface area contributed by atoms with Gasteiger partial charge in [0.15, 0.2) is 5.11 Å². The van der Waals surface area contributed by atoms with Gasteiger partial charge in [0.05, 0.1) is 17.9 Å². The van der Waals surface area contributed by atoms with Crippen LogP contribution in [-0.4, -0.2) is 35.4 Å². The fourth-order valence-corrected chi connectivity index (χ4v) is 6.59. The van der Waals surface area contributed by atoms with Gasteiger partial charge in [0, 0.05) is 23.3 Å². The van der Waals surface area contributed by atoms with E-state index in [1.54, 1.807) is 25.1 Å². The number of hydrogen-bond acceptors (Lipinski definition) is 7. The second-order valence-electron chi connectivity index (χ2n) is 10.3. The van der Waals surface area contributed by atoms with E-state index in [4.69, 9.17) is 17.0 Å². The monoisotopic (exact) mass is 555 g/mol. The van der Waals surface area contributed by atoms with Crippen LogP contribution in [0.3, 0.4) is 0 Å². The molecule has 1 aliphatic carbocycles. The first-order chi connectivity index (χ1) is 18.1. The fraction of sp³-hybridized carbons (Fsp3) is 0.464. The molecule has 2 aromatic rings. The van der Waals surface area contributed by atoms with Crippen molar-refractivity contribution in [3.05, 3.63) is 45.8 Å². The van der Waals surface area contributed by atoms with Gasteiger partial charge in [-0.25, -0.2) is 4.79 Å². The van der Waals surface area contributed by atoms with Crippen LogP contribution in [0, 0.1) is 11.3 Å². The third kappa shape index (κ3) is 5.66. The molecular weight excluding hydrogens is 522 g/mol. The molecule has 1 saturated heterocycles. The summed E-state index contributed by atoms with van der Waals surface area (Å²) in [6.07, 6.45) is 4.06. The third-order valence-electron chi connectivity index (χ3n) is 7.63. The van der Waals surface area contributed by atoms with E-state index in [2.05, 4.69) is 31.4 Å². The Kier molecular flexibility index (Phi) is 8.32. The quantitative estimate of drug-likeness (QED) is 0.273. The smallest absolute Gasteiger partial charge is 0.341 e. The minimum atomic E-state index is -0.493. The summed E-state index contributed by atoms with van der Waals surface area (Å²) in [5.41, 5.74) is 2.29. The lowest BCUT2D eigenvalue weighted by Crippen LogP contribution is -2.34. The molecule has 3 amide bonds. The number of fused-ring (bicyclic) bond motifs is 1. The first-order valence-corrected chi connectivity index (χ1v) is 14.2. The number of nitrogens with one attached hydrogen (secondary N) is 2. The van der Waals surface area contributed by atoms with E-state index in [0.29, 0.717) is 22.2 Å². The van der Waals surface area contributed by atoms with Gasteiger partial charge in [-0.05, 0) is 73.5 Å². The van der Waals surface area contributed by atoms with Crippen LogP contribution in [0.25, 0.3) is 0 Å². The van der Waals surface area contributed by atoms with Crippen molar-refractivity contribution in [1.29, 1.82) is 0 Å². The molecule has 10 heteroatoms. The fourth-order valence-electron chi connectivity index (χ4n) is 5.01. The number of imide groups is 1. The standard InChI is InChI=1S/C28H33N3O5S2/c1-5-28(3,4)17-10-11-19-20(15-17)38-25(23(19)26(35)36-6-2)30-27(37)29-24(34)16-8-7-9-18(14-16)31-21(32)12-13-22(31)33/h7-9,14,17H,5-6,10-13,15H2,1-4H3,(H2,29,30,34,37)/t17-/m1/s1. The number of rotatable bonds is 7. The molecule has 1 atom stereocenters. The van der Waals surface area contributed by atoms with Gasteiger partial charge in [-0.2, -0.15) is 0 Å². The van der Waals surface area contributed by atoms with Crippen molar-refractivity contribution in [2.75, 3.05) is 16.8 Å². The Bertz CT molecular complexity index is 1280. The average molecular weight is 556 g/mol. The van der Waals surface area contributed by atoms with E-state index in [9.17, 15) is 19.2 Å². The zero-order valence-electron chi connectivity index (χ0n) is 22.1. The van der Waals surface area contributed by atoms with E-state index >= 15 is 0 Å². The highest BCUT2D eigenvalue weighted by molar-refractivity contribution is 7.80. The van der Waals surface area contributed by atoms with Crippen molar-refractivity contribution in [3.63, 3.8) is 0 Å². The summed E-state index contributed by atoms with van der Waals surface area (Å²) in [4.78, 5) is 52.3. The van der Waals surface area contributed by atoms with Crippen molar-refractivity contribution in [2.24, 2.45) is 11.3 Å². The molecule has 202 valence electrons. The number of esters is 1. The summed E-state index contributed by atoms with van der Waals surface area (Å²) < 4.78 is 5.36. The van der Waals surface area contributed by atoms with Gasteiger partial charge in [-0.3, -0.25) is 24.6 Å². The Hall–Kier alpha value is -3.11. The topological polar surface area (TPSA) is 105 Å². The molecule has 1 aromatic carbocycles. The Morgan fingerprint density at radius 2 is 1.87 bits per heavy atom. The van der Waals surface area contributed by atoms with Gasteiger partial charge in [0.1, 0.15) is 5.00 Å². The second-order valence-corrected chi connectivity index (χ2v) is 11.8. The maximum Gasteiger partial charge on any atom is 0.341 e. The number of carbonyl (C=O) groups is 4. The molecule has 8 nitrogen and oxygen atoms in total. The lowest BCUT2D eigenvalue weighted by molar-refractivity contribution is -0.121. The van der Waals surface area contributed by atoms with Gasteiger partial charge in [0.25, 0.3) is 5.91 Å². The number of amides is 3. The molecular formula is C28H33N3O5S2. The van der Waals surface area contributed by atoms with Crippen LogP contribution in [-0.2, 0) is 27.2 Å². The average Bonchev–Trinajstić information content (AvgIpc) is 3.41. The van der Waals surface area contributed by atoms with Gasteiger partial charge < -0.3 is 10.1 Å². The van der Waals surface area contributed by atoms with Crippen LogP contribution in [0.4, 0.5) is 10.7 Å². The highest BCUT2D eigenvalue weighted by Gasteiger charge is 2.36. The Morgan fingerprint density at radius 3 is 2.53 bits per heavy atom. The molecule has 2 heterocycles. The largest absolute Gasteiger partial charge is 0.462 e. The lowest BCUT2D eigenvalue weighted by atomic mass is 9.69. The summed E-state index contributed by atoms with van der Waals surface area (Å²) in [5.74, 6) is -0.963. The molecule has 0 saturated carbocycles. The number of benzene rings is 1. The predicted octanol–water partition coefficient (Wildman–Crippen LogP) is 5.25. The maximum atomic E-state index is 13.0. The minimum absolute atomic E-state index is 0.0447. The van der Waals surface area contributed by atoms with Crippen LogP contribution >= 0.6 is 23.6 Å². The molecule has 0 spiro atoms. The number of hydrogen-bond donors (Lipinski definition) is 2. The van der Waals surface area contributed by atoms with Crippen LogP contribution in [0.2, 0.25) is 0 Å². The Morgan fingerprint density at radius 1 is 1.16 bits per heavy atom. The molecule has 1 aromatic heterocycles. The lowest BCUT2D eigenvalue weighted by Gasteiger charge is -2.36. The number of anilines is 2.